The number of nitrogens with one attached hydrogen (secondary N) is 1. The van der Waals surface area contributed by atoms with Gasteiger partial charge in [-0.3, -0.25) is 9.59 Å². The Kier molecular flexibility index (Phi) is 3.53. The van der Waals surface area contributed by atoms with Crippen LogP contribution in [0.4, 0.5) is 5.69 Å². The summed E-state index contributed by atoms with van der Waals surface area (Å²) in [5.74, 6) is 0.632. The van der Waals surface area contributed by atoms with Crippen LogP contribution in [0.1, 0.15) is 22.8 Å². The number of aryl methyl sites for hydroxylation is 1. The lowest BCUT2D eigenvalue weighted by atomic mass is 10.1. The SMILES string of the molecule is CC1Cc2cc(NC(=O)c3ccc4c(=O)n(C)cnc4c3)ccc2O1. The molecule has 0 radical (unpaired) electrons. The lowest BCUT2D eigenvalue weighted by Crippen LogP contribution is -2.18. The second-order valence-electron chi connectivity index (χ2n) is 6.30. The molecule has 25 heavy (non-hydrogen) atoms. The van der Waals surface area contributed by atoms with Crippen LogP contribution >= 0.6 is 0 Å². The molecule has 2 aromatic carbocycles. The summed E-state index contributed by atoms with van der Waals surface area (Å²) >= 11 is 0. The molecule has 1 unspecified atom stereocenters. The number of fused-ring (bicyclic) bond motifs is 2. The Morgan fingerprint density at radius 3 is 2.96 bits per heavy atom. The number of hydrogen-bond acceptors (Lipinski definition) is 4. The average molecular weight is 335 g/mol. The number of nitrogens with zero attached hydrogens (tertiary/aromatic N) is 2. The maximum Gasteiger partial charge on any atom is 0.260 e. The van der Waals surface area contributed by atoms with E-state index in [9.17, 15) is 9.59 Å². The fraction of sp³-hybridized carbons (Fsp3) is 0.211. The van der Waals surface area contributed by atoms with Gasteiger partial charge < -0.3 is 14.6 Å². The minimum Gasteiger partial charge on any atom is -0.490 e. The van der Waals surface area contributed by atoms with Crippen molar-refractivity contribution in [3.8, 4) is 5.75 Å². The lowest BCUT2D eigenvalue weighted by Gasteiger charge is -2.08. The van der Waals surface area contributed by atoms with E-state index in [-0.39, 0.29) is 17.6 Å². The highest BCUT2D eigenvalue weighted by Gasteiger charge is 2.19. The van der Waals surface area contributed by atoms with Gasteiger partial charge in [-0.25, -0.2) is 4.98 Å². The summed E-state index contributed by atoms with van der Waals surface area (Å²) in [5, 5.41) is 3.38. The number of carbonyl (C=O) groups is 1. The first-order chi connectivity index (χ1) is 12.0. The number of rotatable bonds is 2. The van der Waals surface area contributed by atoms with E-state index >= 15 is 0 Å². The lowest BCUT2D eigenvalue weighted by molar-refractivity contribution is 0.102. The van der Waals surface area contributed by atoms with Crippen molar-refractivity contribution >= 4 is 22.5 Å². The summed E-state index contributed by atoms with van der Waals surface area (Å²) in [6, 6.07) is 10.5. The largest absolute Gasteiger partial charge is 0.490 e. The van der Waals surface area contributed by atoms with E-state index < -0.39 is 0 Å². The van der Waals surface area contributed by atoms with Crippen LogP contribution in [0.15, 0.2) is 47.5 Å². The number of hydrogen-bond donors (Lipinski definition) is 1. The summed E-state index contributed by atoms with van der Waals surface area (Å²) in [4.78, 5) is 28.8. The fourth-order valence-electron chi connectivity index (χ4n) is 3.05. The molecular formula is C19H17N3O3. The molecule has 0 aliphatic carbocycles. The van der Waals surface area contributed by atoms with Crippen LogP contribution in [0, 0.1) is 0 Å². The van der Waals surface area contributed by atoms with E-state index in [4.69, 9.17) is 4.74 Å². The van der Waals surface area contributed by atoms with Crippen molar-refractivity contribution in [1.82, 2.24) is 9.55 Å². The molecule has 4 rings (SSSR count). The molecule has 1 aromatic heterocycles. The van der Waals surface area contributed by atoms with Gasteiger partial charge in [-0.15, -0.1) is 0 Å². The number of aromatic nitrogens is 2. The Morgan fingerprint density at radius 2 is 2.12 bits per heavy atom. The quantitative estimate of drug-likeness (QED) is 0.781. The highest BCUT2D eigenvalue weighted by atomic mass is 16.5. The summed E-state index contributed by atoms with van der Waals surface area (Å²) in [7, 11) is 1.65. The molecule has 1 aliphatic heterocycles. The zero-order valence-corrected chi connectivity index (χ0v) is 13.9. The fourth-order valence-corrected chi connectivity index (χ4v) is 3.05. The second-order valence-corrected chi connectivity index (χ2v) is 6.30. The van der Waals surface area contributed by atoms with E-state index in [1.54, 1.807) is 25.2 Å². The van der Waals surface area contributed by atoms with Crippen molar-refractivity contribution in [3.05, 3.63) is 64.2 Å². The molecule has 1 aliphatic rings. The number of benzene rings is 2. The first-order valence-electron chi connectivity index (χ1n) is 8.07. The molecule has 0 saturated carbocycles. The van der Waals surface area contributed by atoms with Crippen molar-refractivity contribution in [2.45, 2.75) is 19.4 Å². The van der Waals surface area contributed by atoms with Gasteiger partial charge >= 0.3 is 0 Å². The maximum atomic E-state index is 12.5. The van der Waals surface area contributed by atoms with Gasteiger partial charge in [-0.05, 0) is 48.9 Å². The van der Waals surface area contributed by atoms with Crippen LogP contribution in [-0.4, -0.2) is 21.6 Å². The standard InChI is InChI=1S/C19H17N3O3/c1-11-7-13-8-14(4-6-17(13)25-11)21-18(23)12-3-5-15-16(9-12)20-10-22(2)19(15)24/h3-6,8-11H,7H2,1-2H3,(H,21,23). The number of anilines is 1. The molecule has 3 aromatic rings. The van der Waals surface area contributed by atoms with Crippen molar-refractivity contribution < 1.29 is 9.53 Å². The van der Waals surface area contributed by atoms with Gasteiger partial charge in [0.25, 0.3) is 11.5 Å². The topological polar surface area (TPSA) is 73.2 Å². The summed E-state index contributed by atoms with van der Waals surface area (Å²) in [5.41, 5.74) is 2.64. The molecule has 6 heteroatoms. The van der Waals surface area contributed by atoms with Gasteiger partial charge in [0.05, 0.1) is 17.2 Å². The van der Waals surface area contributed by atoms with Crippen molar-refractivity contribution in [1.29, 1.82) is 0 Å². The Balaban J connectivity index is 1.61. The van der Waals surface area contributed by atoms with Gasteiger partial charge in [0.2, 0.25) is 0 Å². The van der Waals surface area contributed by atoms with Crippen LogP contribution in [0.2, 0.25) is 0 Å². The zero-order chi connectivity index (χ0) is 17.6. The van der Waals surface area contributed by atoms with Gasteiger partial charge in [0, 0.05) is 24.7 Å². The third kappa shape index (κ3) is 2.76. The van der Waals surface area contributed by atoms with Crippen molar-refractivity contribution in [3.63, 3.8) is 0 Å². The molecule has 1 atom stereocenters. The zero-order valence-electron chi connectivity index (χ0n) is 13.9. The highest BCUT2D eigenvalue weighted by molar-refractivity contribution is 6.06. The normalized spacial score (nSPS) is 15.7. The third-order valence-electron chi connectivity index (χ3n) is 4.33. The summed E-state index contributed by atoms with van der Waals surface area (Å²) < 4.78 is 7.08. The smallest absolute Gasteiger partial charge is 0.260 e. The summed E-state index contributed by atoms with van der Waals surface area (Å²) in [6.07, 6.45) is 2.45. The van der Waals surface area contributed by atoms with Crippen LogP contribution in [0.3, 0.4) is 0 Å². The van der Waals surface area contributed by atoms with Crippen molar-refractivity contribution in [2.24, 2.45) is 7.05 Å². The molecule has 1 N–H and O–H groups in total. The second kappa shape index (κ2) is 5.73. The first-order valence-corrected chi connectivity index (χ1v) is 8.07. The number of amides is 1. The molecule has 126 valence electrons. The van der Waals surface area contributed by atoms with Crippen LogP contribution in [-0.2, 0) is 13.5 Å². The molecule has 2 heterocycles. The Labute approximate surface area is 144 Å². The minimum atomic E-state index is -0.240. The molecule has 6 nitrogen and oxygen atoms in total. The highest BCUT2D eigenvalue weighted by Crippen LogP contribution is 2.31. The Morgan fingerprint density at radius 1 is 1.28 bits per heavy atom. The minimum absolute atomic E-state index is 0.135. The maximum absolute atomic E-state index is 12.5. The predicted octanol–water partition coefficient (Wildman–Crippen LogP) is 2.51. The van der Waals surface area contributed by atoms with Crippen LogP contribution in [0.5, 0.6) is 5.75 Å². The molecule has 0 saturated heterocycles. The van der Waals surface area contributed by atoms with Gasteiger partial charge in [-0.2, -0.15) is 0 Å². The first kappa shape index (κ1) is 15.4. The average Bonchev–Trinajstić information content (AvgIpc) is 2.97. The van der Waals surface area contributed by atoms with E-state index in [0.717, 1.165) is 23.4 Å². The van der Waals surface area contributed by atoms with Gasteiger partial charge in [-0.1, -0.05) is 0 Å². The van der Waals surface area contributed by atoms with E-state index in [1.165, 1.54) is 10.9 Å². The third-order valence-corrected chi connectivity index (χ3v) is 4.33. The number of ether oxygens (including phenoxy) is 1. The molecule has 0 fully saturated rings. The number of carbonyl (C=O) groups excluding carboxylic acids is 1. The van der Waals surface area contributed by atoms with E-state index in [0.29, 0.717) is 16.5 Å². The predicted molar refractivity (Wildman–Crippen MR) is 95.2 cm³/mol. The van der Waals surface area contributed by atoms with E-state index in [1.807, 2.05) is 25.1 Å². The van der Waals surface area contributed by atoms with Crippen molar-refractivity contribution in [2.75, 3.05) is 5.32 Å². The van der Waals surface area contributed by atoms with E-state index in [2.05, 4.69) is 10.3 Å². The van der Waals surface area contributed by atoms with Crippen LogP contribution in [0.25, 0.3) is 10.9 Å². The Bertz CT molecular complexity index is 1060. The monoisotopic (exact) mass is 335 g/mol. The summed E-state index contributed by atoms with van der Waals surface area (Å²) in [6.45, 7) is 2.02. The van der Waals surface area contributed by atoms with Crippen LogP contribution < -0.4 is 15.6 Å². The van der Waals surface area contributed by atoms with Gasteiger partial charge in [0.15, 0.2) is 0 Å². The molecule has 0 spiro atoms. The molecular weight excluding hydrogens is 318 g/mol. The molecule has 0 bridgehead atoms. The van der Waals surface area contributed by atoms with Gasteiger partial charge in [0.1, 0.15) is 11.9 Å². The Hall–Kier alpha value is -3.15. The molecule has 1 amide bonds.